The first-order valence-electron chi connectivity index (χ1n) is 5.18. The zero-order valence-electron chi connectivity index (χ0n) is 9.17. The number of hydrogen-bond acceptors (Lipinski definition) is 0. The average Bonchev–Trinajstić information content (AvgIpc) is 2.04. The Hall–Kier alpha value is -0.715. The molecule has 0 heterocycles. The van der Waals surface area contributed by atoms with Gasteiger partial charge in [-0.1, -0.05) is 50.6 Å². The first kappa shape index (κ1) is 10.4. The molecule has 0 N–H and O–H groups in total. The van der Waals surface area contributed by atoms with Crippen molar-refractivity contribution in [3.63, 3.8) is 0 Å². The molecular weight excluding hydrogens is 155 g/mol. The second-order valence-corrected chi connectivity index (χ2v) is 4.49. The lowest BCUT2D eigenvalue weighted by Crippen LogP contribution is -1.96. The Bertz CT molecular complexity index is 246. The van der Waals surface area contributed by atoms with Gasteiger partial charge in [-0.2, -0.15) is 0 Å². The highest BCUT2D eigenvalue weighted by molar-refractivity contribution is 6.12. The largest absolute Gasteiger partial charge is 0.110 e. The molecule has 1 atom stereocenters. The van der Waals surface area contributed by atoms with E-state index in [1.165, 1.54) is 17.5 Å². The summed E-state index contributed by atoms with van der Waals surface area (Å²) >= 11 is 0. The van der Waals surface area contributed by atoms with Gasteiger partial charge in [-0.25, -0.2) is 0 Å². The van der Waals surface area contributed by atoms with Crippen molar-refractivity contribution >= 4 is 7.85 Å². The summed E-state index contributed by atoms with van der Waals surface area (Å²) < 4.78 is 0. The average molecular weight is 174 g/mol. The highest BCUT2D eigenvalue weighted by Crippen LogP contribution is 2.14. The Kier molecular flexibility index (Phi) is 3.59. The van der Waals surface area contributed by atoms with Crippen molar-refractivity contribution in [2.24, 2.45) is 5.92 Å². The molecule has 0 nitrogen and oxygen atoms in total. The predicted molar refractivity (Wildman–Crippen MR) is 61.9 cm³/mol. The topological polar surface area (TPSA) is 0 Å². The van der Waals surface area contributed by atoms with Crippen LogP contribution in [0.2, 0.25) is 0 Å². The van der Waals surface area contributed by atoms with Crippen molar-refractivity contribution in [2.75, 3.05) is 0 Å². The second-order valence-electron chi connectivity index (χ2n) is 4.49. The zero-order chi connectivity index (χ0) is 9.84. The molecule has 70 valence electrons. The van der Waals surface area contributed by atoms with Crippen molar-refractivity contribution < 1.29 is 0 Å². The van der Waals surface area contributed by atoms with Gasteiger partial charge in [0.25, 0.3) is 0 Å². The van der Waals surface area contributed by atoms with E-state index in [9.17, 15) is 0 Å². The number of rotatable bonds is 3. The first-order chi connectivity index (χ1) is 6.09. The monoisotopic (exact) mass is 174 g/mol. The van der Waals surface area contributed by atoms with Crippen LogP contribution in [0.15, 0.2) is 24.3 Å². The lowest BCUT2D eigenvalue weighted by molar-refractivity contribution is 0.647. The van der Waals surface area contributed by atoms with E-state index in [0.29, 0.717) is 5.82 Å². The van der Waals surface area contributed by atoms with E-state index in [1.54, 1.807) is 0 Å². The lowest BCUT2D eigenvalue weighted by Gasteiger charge is -2.08. The maximum Gasteiger partial charge on any atom is 0.110 e. The maximum atomic E-state index is 2.26. The summed E-state index contributed by atoms with van der Waals surface area (Å²) in [5.74, 6) is 1.40. The van der Waals surface area contributed by atoms with Gasteiger partial charge < -0.3 is 0 Å². The molecule has 0 saturated heterocycles. The predicted octanol–water partition coefficient (Wildman–Crippen LogP) is 2.58. The van der Waals surface area contributed by atoms with E-state index in [1.807, 2.05) is 0 Å². The summed E-state index contributed by atoms with van der Waals surface area (Å²) in [6.07, 6.45) is 1.19. The van der Waals surface area contributed by atoms with Crippen LogP contribution in [-0.2, 0) is 6.42 Å². The van der Waals surface area contributed by atoms with Crippen molar-refractivity contribution in [3.05, 3.63) is 35.4 Å². The molecule has 0 aliphatic rings. The van der Waals surface area contributed by atoms with Crippen LogP contribution >= 0.6 is 0 Å². The van der Waals surface area contributed by atoms with Gasteiger partial charge in [0.2, 0.25) is 0 Å². The van der Waals surface area contributed by atoms with Crippen molar-refractivity contribution in [3.8, 4) is 0 Å². The minimum absolute atomic E-state index is 0.646. The van der Waals surface area contributed by atoms with Gasteiger partial charge in [0.15, 0.2) is 0 Å². The number of benzene rings is 1. The third kappa shape index (κ3) is 3.26. The fraction of sp³-hybridized carbons (Fsp3) is 0.500. The molecule has 0 fully saturated rings. The van der Waals surface area contributed by atoms with E-state index < -0.39 is 0 Å². The van der Waals surface area contributed by atoms with Crippen LogP contribution in [0.25, 0.3) is 0 Å². The van der Waals surface area contributed by atoms with Crippen LogP contribution in [0.3, 0.4) is 0 Å². The molecule has 0 saturated carbocycles. The fourth-order valence-electron chi connectivity index (χ4n) is 1.51. The van der Waals surface area contributed by atoms with Crippen molar-refractivity contribution in [2.45, 2.75) is 33.0 Å². The van der Waals surface area contributed by atoms with E-state index >= 15 is 0 Å². The summed E-state index contributed by atoms with van der Waals surface area (Å²) in [6, 6.07) is 9.02. The van der Waals surface area contributed by atoms with Crippen LogP contribution in [0.4, 0.5) is 0 Å². The molecule has 1 aromatic carbocycles. The molecule has 1 aromatic rings. The van der Waals surface area contributed by atoms with Gasteiger partial charge in [-0.05, 0) is 23.7 Å². The normalized spacial score (nSPS) is 13.2. The Morgan fingerprint density at radius 1 is 1.08 bits per heavy atom. The van der Waals surface area contributed by atoms with Gasteiger partial charge in [0, 0.05) is 0 Å². The quantitative estimate of drug-likeness (QED) is 0.618. The molecule has 0 aromatic heterocycles. The minimum atomic E-state index is 0.646. The molecule has 1 heteroatoms. The summed E-state index contributed by atoms with van der Waals surface area (Å²) in [5, 5.41) is 0. The number of hydrogen-bond donors (Lipinski definition) is 0. The molecule has 0 bridgehead atoms. The highest BCUT2D eigenvalue weighted by atomic mass is 14.0. The van der Waals surface area contributed by atoms with Gasteiger partial charge in [-0.3, -0.25) is 0 Å². The standard InChI is InChI=1S/C12H19B/c1-9(2)8-11-4-6-12(7-5-11)10(3)13/h4-7,9-10H,8,13H2,1-3H3. The molecule has 13 heavy (non-hydrogen) atoms. The Labute approximate surface area is 82.8 Å². The molecule has 1 unspecified atom stereocenters. The lowest BCUT2D eigenvalue weighted by atomic mass is 9.82. The Morgan fingerprint density at radius 3 is 2.00 bits per heavy atom. The van der Waals surface area contributed by atoms with Crippen LogP contribution in [0.5, 0.6) is 0 Å². The van der Waals surface area contributed by atoms with E-state index in [4.69, 9.17) is 0 Å². The third-order valence-corrected chi connectivity index (χ3v) is 2.29. The molecule has 0 radical (unpaired) electrons. The second kappa shape index (κ2) is 4.50. The zero-order valence-corrected chi connectivity index (χ0v) is 9.17. The van der Waals surface area contributed by atoms with E-state index in [0.717, 1.165) is 5.92 Å². The van der Waals surface area contributed by atoms with Crippen LogP contribution < -0.4 is 0 Å². The van der Waals surface area contributed by atoms with Gasteiger partial charge in [0.1, 0.15) is 7.85 Å². The van der Waals surface area contributed by atoms with Crippen LogP contribution in [0.1, 0.15) is 37.7 Å². The maximum absolute atomic E-state index is 2.26. The SMILES string of the molecule is BC(C)c1ccc(CC(C)C)cc1. The molecule has 0 amide bonds. The summed E-state index contributed by atoms with van der Waals surface area (Å²) in [5.41, 5.74) is 2.90. The van der Waals surface area contributed by atoms with Crippen LogP contribution in [-0.4, -0.2) is 7.85 Å². The summed E-state index contributed by atoms with van der Waals surface area (Å²) in [6.45, 7) is 6.75. The molecule has 0 spiro atoms. The summed E-state index contributed by atoms with van der Waals surface area (Å²) in [7, 11) is 2.23. The van der Waals surface area contributed by atoms with Gasteiger partial charge in [0.05, 0.1) is 0 Å². The summed E-state index contributed by atoms with van der Waals surface area (Å²) in [4.78, 5) is 0. The van der Waals surface area contributed by atoms with Crippen molar-refractivity contribution in [1.29, 1.82) is 0 Å². The smallest absolute Gasteiger partial charge is 0.0658 e. The van der Waals surface area contributed by atoms with Crippen molar-refractivity contribution in [1.82, 2.24) is 0 Å². The van der Waals surface area contributed by atoms with E-state index in [-0.39, 0.29) is 0 Å². The fourth-order valence-corrected chi connectivity index (χ4v) is 1.51. The van der Waals surface area contributed by atoms with Crippen LogP contribution in [0, 0.1) is 5.92 Å². The third-order valence-electron chi connectivity index (χ3n) is 2.29. The Balaban J connectivity index is 2.70. The highest BCUT2D eigenvalue weighted by Gasteiger charge is 2.00. The van der Waals surface area contributed by atoms with Gasteiger partial charge >= 0.3 is 0 Å². The molecule has 0 aliphatic carbocycles. The molecular formula is C12H19B. The van der Waals surface area contributed by atoms with Gasteiger partial charge in [-0.15, -0.1) is 0 Å². The molecule has 0 aliphatic heterocycles. The molecule has 1 rings (SSSR count). The van der Waals surface area contributed by atoms with E-state index in [2.05, 4.69) is 52.9 Å². The Morgan fingerprint density at radius 2 is 1.62 bits per heavy atom. The minimum Gasteiger partial charge on any atom is -0.0658 e. The first-order valence-corrected chi connectivity index (χ1v) is 5.18.